The molecule has 6 nitrogen and oxygen atoms in total. The third kappa shape index (κ3) is 5.12. The van der Waals surface area contributed by atoms with Crippen LogP contribution in [-0.2, 0) is 17.8 Å². The van der Waals surface area contributed by atoms with Crippen molar-refractivity contribution < 1.29 is 4.79 Å². The molecular weight excluding hydrogens is 394 g/mol. The van der Waals surface area contributed by atoms with Crippen molar-refractivity contribution in [2.24, 2.45) is 0 Å². The molecular formula is C23H21N5OS. The first-order valence-electron chi connectivity index (χ1n) is 9.61. The summed E-state index contributed by atoms with van der Waals surface area (Å²) < 4.78 is 2.02. The lowest BCUT2D eigenvalue weighted by Crippen LogP contribution is -2.24. The van der Waals surface area contributed by atoms with Crippen molar-refractivity contribution in [3.8, 4) is 5.69 Å². The number of rotatable bonds is 8. The molecule has 0 aliphatic rings. The number of hydrogen-bond donors (Lipinski definition) is 1. The molecule has 0 unspecified atom stereocenters. The number of pyridine rings is 1. The van der Waals surface area contributed by atoms with Crippen molar-refractivity contribution in [1.82, 2.24) is 25.1 Å². The molecule has 30 heavy (non-hydrogen) atoms. The molecule has 2 heterocycles. The average Bonchev–Trinajstić information content (AvgIpc) is 3.20. The first kappa shape index (κ1) is 19.8. The summed E-state index contributed by atoms with van der Waals surface area (Å²) in [6.45, 7) is 0.479. The van der Waals surface area contributed by atoms with Crippen LogP contribution >= 0.6 is 11.8 Å². The number of hydrogen-bond acceptors (Lipinski definition) is 5. The van der Waals surface area contributed by atoms with Crippen LogP contribution in [0.3, 0.4) is 0 Å². The molecule has 7 heteroatoms. The Morgan fingerprint density at radius 1 is 0.867 bits per heavy atom. The molecule has 0 atom stereocenters. The number of nitrogens with one attached hydrogen (secondary N) is 1. The standard InChI is InChI=1S/C23H21N5OS/c29-22(25-16-19-11-13-24-14-12-19)17-30-23-27-26-21(15-18-7-3-1-4-8-18)28(23)20-9-5-2-6-10-20/h1-14H,15-17H2,(H,25,29). The van der Waals surface area contributed by atoms with E-state index in [0.29, 0.717) is 18.1 Å². The van der Waals surface area contributed by atoms with E-state index in [4.69, 9.17) is 0 Å². The number of aromatic nitrogens is 4. The van der Waals surface area contributed by atoms with Gasteiger partial charge in [0, 0.05) is 31.0 Å². The van der Waals surface area contributed by atoms with E-state index >= 15 is 0 Å². The van der Waals surface area contributed by atoms with E-state index in [1.165, 1.54) is 11.8 Å². The van der Waals surface area contributed by atoms with Crippen molar-refractivity contribution in [3.63, 3.8) is 0 Å². The molecule has 4 aromatic rings. The van der Waals surface area contributed by atoms with Gasteiger partial charge in [-0.05, 0) is 35.4 Å². The van der Waals surface area contributed by atoms with Gasteiger partial charge in [0.1, 0.15) is 5.82 Å². The van der Waals surface area contributed by atoms with Gasteiger partial charge in [-0.25, -0.2) is 0 Å². The Balaban J connectivity index is 1.48. The minimum absolute atomic E-state index is 0.0518. The number of amides is 1. The zero-order valence-electron chi connectivity index (χ0n) is 16.3. The Morgan fingerprint density at radius 2 is 1.57 bits per heavy atom. The second-order valence-electron chi connectivity index (χ2n) is 6.65. The van der Waals surface area contributed by atoms with E-state index in [0.717, 1.165) is 22.6 Å². The van der Waals surface area contributed by atoms with Crippen molar-refractivity contribution in [2.75, 3.05) is 5.75 Å². The lowest BCUT2D eigenvalue weighted by Gasteiger charge is -2.10. The second-order valence-corrected chi connectivity index (χ2v) is 7.60. The van der Waals surface area contributed by atoms with E-state index < -0.39 is 0 Å². The third-order valence-corrected chi connectivity index (χ3v) is 5.42. The van der Waals surface area contributed by atoms with E-state index in [9.17, 15) is 4.79 Å². The van der Waals surface area contributed by atoms with Crippen LogP contribution in [0, 0.1) is 0 Å². The van der Waals surface area contributed by atoms with Gasteiger partial charge in [-0.15, -0.1) is 10.2 Å². The molecule has 0 bridgehead atoms. The van der Waals surface area contributed by atoms with Gasteiger partial charge in [-0.2, -0.15) is 0 Å². The molecule has 0 aliphatic heterocycles. The molecule has 2 aromatic carbocycles. The third-order valence-electron chi connectivity index (χ3n) is 4.49. The van der Waals surface area contributed by atoms with Gasteiger partial charge < -0.3 is 5.32 Å². The molecule has 0 fully saturated rings. The Labute approximate surface area is 179 Å². The van der Waals surface area contributed by atoms with Crippen molar-refractivity contribution >= 4 is 17.7 Å². The summed E-state index contributed by atoms with van der Waals surface area (Å²) in [5, 5.41) is 12.4. The summed E-state index contributed by atoms with van der Waals surface area (Å²) >= 11 is 1.38. The molecule has 0 saturated heterocycles. The highest BCUT2D eigenvalue weighted by atomic mass is 32.2. The van der Waals surface area contributed by atoms with Crippen LogP contribution in [0.2, 0.25) is 0 Å². The molecule has 0 spiro atoms. The van der Waals surface area contributed by atoms with Crippen molar-refractivity contribution in [1.29, 1.82) is 0 Å². The topological polar surface area (TPSA) is 72.7 Å². The number of thioether (sulfide) groups is 1. The summed E-state index contributed by atoms with van der Waals surface area (Å²) in [6.07, 6.45) is 4.09. The van der Waals surface area contributed by atoms with E-state index in [1.807, 2.05) is 65.2 Å². The summed E-state index contributed by atoms with van der Waals surface area (Å²) in [4.78, 5) is 16.3. The fraction of sp³-hybridized carbons (Fsp3) is 0.130. The van der Waals surface area contributed by atoms with Crippen LogP contribution in [0.25, 0.3) is 5.69 Å². The Kier molecular flexibility index (Phi) is 6.51. The number of carbonyl (C=O) groups excluding carboxylic acids is 1. The lowest BCUT2D eigenvalue weighted by molar-refractivity contribution is -0.118. The quantitative estimate of drug-likeness (QED) is 0.445. The highest BCUT2D eigenvalue weighted by molar-refractivity contribution is 7.99. The summed E-state index contributed by atoms with van der Waals surface area (Å²) in [7, 11) is 0. The number of carbonyl (C=O) groups is 1. The van der Waals surface area contributed by atoms with E-state index in [-0.39, 0.29) is 11.7 Å². The van der Waals surface area contributed by atoms with Crippen molar-refractivity contribution in [3.05, 3.63) is 102 Å². The van der Waals surface area contributed by atoms with Gasteiger partial charge in [-0.1, -0.05) is 60.3 Å². The van der Waals surface area contributed by atoms with Crippen LogP contribution in [-0.4, -0.2) is 31.4 Å². The van der Waals surface area contributed by atoms with E-state index in [2.05, 4.69) is 32.6 Å². The largest absolute Gasteiger partial charge is 0.351 e. The number of benzene rings is 2. The predicted molar refractivity (Wildman–Crippen MR) is 117 cm³/mol. The Morgan fingerprint density at radius 3 is 2.30 bits per heavy atom. The van der Waals surface area contributed by atoms with Crippen molar-refractivity contribution in [2.45, 2.75) is 18.1 Å². The molecule has 1 amide bonds. The van der Waals surface area contributed by atoms with Gasteiger partial charge in [0.2, 0.25) is 5.91 Å². The van der Waals surface area contributed by atoms with Gasteiger partial charge in [0.15, 0.2) is 5.16 Å². The smallest absolute Gasteiger partial charge is 0.230 e. The van der Waals surface area contributed by atoms with Gasteiger partial charge in [-0.3, -0.25) is 14.3 Å². The van der Waals surface area contributed by atoms with Crippen LogP contribution in [0.15, 0.2) is 90.3 Å². The minimum Gasteiger partial charge on any atom is -0.351 e. The predicted octanol–water partition coefficient (Wildman–Crippen LogP) is 3.66. The fourth-order valence-corrected chi connectivity index (χ4v) is 3.81. The molecule has 0 radical (unpaired) electrons. The summed E-state index contributed by atoms with van der Waals surface area (Å²) in [5.41, 5.74) is 3.16. The molecule has 0 saturated carbocycles. The zero-order chi connectivity index (χ0) is 20.6. The maximum Gasteiger partial charge on any atom is 0.230 e. The minimum atomic E-state index is -0.0518. The van der Waals surface area contributed by atoms with Crippen LogP contribution in [0.1, 0.15) is 17.0 Å². The molecule has 1 N–H and O–H groups in total. The van der Waals surface area contributed by atoms with Crippen LogP contribution in [0.5, 0.6) is 0 Å². The van der Waals surface area contributed by atoms with Gasteiger partial charge >= 0.3 is 0 Å². The summed E-state index contributed by atoms with van der Waals surface area (Å²) in [6, 6.07) is 23.9. The average molecular weight is 416 g/mol. The first-order chi connectivity index (χ1) is 14.8. The number of para-hydroxylation sites is 1. The summed E-state index contributed by atoms with van der Waals surface area (Å²) in [5.74, 6) is 1.05. The fourth-order valence-electron chi connectivity index (χ4n) is 3.01. The molecule has 4 rings (SSSR count). The van der Waals surface area contributed by atoms with E-state index in [1.54, 1.807) is 12.4 Å². The zero-order valence-corrected chi connectivity index (χ0v) is 17.1. The monoisotopic (exact) mass is 415 g/mol. The molecule has 0 aliphatic carbocycles. The van der Waals surface area contributed by atoms with Gasteiger partial charge in [0.05, 0.1) is 5.75 Å². The normalized spacial score (nSPS) is 10.7. The maximum atomic E-state index is 12.3. The lowest BCUT2D eigenvalue weighted by atomic mass is 10.1. The molecule has 2 aromatic heterocycles. The van der Waals surface area contributed by atoms with Crippen LogP contribution < -0.4 is 5.32 Å². The number of nitrogens with zero attached hydrogens (tertiary/aromatic N) is 4. The Bertz CT molecular complexity index is 1080. The maximum absolute atomic E-state index is 12.3. The highest BCUT2D eigenvalue weighted by Crippen LogP contribution is 2.23. The first-order valence-corrected chi connectivity index (χ1v) is 10.6. The second kappa shape index (κ2) is 9.84. The van der Waals surface area contributed by atoms with Gasteiger partial charge in [0.25, 0.3) is 0 Å². The molecule has 150 valence electrons. The Hall–Kier alpha value is -3.45. The SMILES string of the molecule is O=C(CSc1nnc(Cc2ccccc2)n1-c1ccccc1)NCc1ccncc1. The highest BCUT2D eigenvalue weighted by Gasteiger charge is 2.16. The van der Waals surface area contributed by atoms with Crippen LogP contribution in [0.4, 0.5) is 0 Å².